The van der Waals surface area contributed by atoms with Crippen molar-refractivity contribution >= 4 is 5.91 Å². The monoisotopic (exact) mass is 272 g/mol. The number of halogens is 3. The standard InChI is InChI=1S/C12H11F3N2O2/c13-12(14,15)11(5-3-8(16)4-6-11)17-10(18)9-2-1-7-19-9/h1-5,7H,6,16H2,(H,17,18). The Hall–Kier alpha value is -2.18. The lowest BCUT2D eigenvalue weighted by Gasteiger charge is -2.34. The molecule has 0 aliphatic heterocycles. The normalized spacial score (nSPS) is 23.0. The van der Waals surface area contributed by atoms with Gasteiger partial charge in [-0.25, -0.2) is 0 Å². The Morgan fingerprint density at radius 3 is 2.68 bits per heavy atom. The van der Waals surface area contributed by atoms with Crippen LogP contribution in [0.4, 0.5) is 13.2 Å². The predicted octanol–water partition coefficient (Wildman–Crippen LogP) is 2.11. The first-order chi connectivity index (χ1) is 8.84. The molecule has 1 atom stereocenters. The van der Waals surface area contributed by atoms with E-state index in [4.69, 9.17) is 10.2 Å². The summed E-state index contributed by atoms with van der Waals surface area (Å²) in [6.45, 7) is 0. The first kappa shape index (κ1) is 13.3. The van der Waals surface area contributed by atoms with E-state index in [9.17, 15) is 18.0 Å². The quantitative estimate of drug-likeness (QED) is 0.866. The molecule has 1 aromatic rings. The van der Waals surface area contributed by atoms with Gasteiger partial charge < -0.3 is 15.5 Å². The summed E-state index contributed by atoms with van der Waals surface area (Å²) in [7, 11) is 0. The lowest BCUT2D eigenvalue weighted by Crippen LogP contribution is -2.57. The molecule has 0 spiro atoms. The topological polar surface area (TPSA) is 68.3 Å². The van der Waals surface area contributed by atoms with E-state index in [0.717, 1.165) is 12.2 Å². The van der Waals surface area contributed by atoms with Gasteiger partial charge in [-0.3, -0.25) is 4.79 Å². The molecule has 0 radical (unpaired) electrons. The van der Waals surface area contributed by atoms with Gasteiger partial charge in [0.1, 0.15) is 0 Å². The Morgan fingerprint density at radius 1 is 1.47 bits per heavy atom. The SMILES string of the molecule is NC1=CCC(NC(=O)c2ccco2)(C(F)(F)F)C=C1. The summed E-state index contributed by atoms with van der Waals surface area (Å²) in [5, 5.41) is 1.95. The molecule has 3 N–H and O–H groups in total. The van der Waals surface area contributed by atoms with Crippen LogP contribution in [0.25, 0.3) is 0 Å². The van der Waals surface area contributed by atoms with Crippen LogP contribution in [-0.4, -0.2) is 17.6 Å². The molecule has 0 saturated heterocycles. The van der Waals surface area contributed by atoms with E-state index in [1.165, 1.54) is 24.5 Å². The number of furan rings is 1. The molecule has 0 saturated carbocycles. The van der Waals surface area contributed by atoms with Crippen LogP contribution in [0.15, 0.2) is 46.7 Å². The molecule has 7 heteroatoms. The van der Waals surface area contributed by atoms with Crippen LogP contribution in [0.2, 0.25) is 0 Å². The third kappa shape index (κ3) is 2.49. The average molecular weight is 272 g/mol. The van der Waals surface area contributed by atoms with Gasteiger partial charge >= 0.3 is 6.18 Å². The molecule has 1 amide bonds. The zero-order valence-electron chi connectivity index (χ0n) is 9.70. The Morgan fingerprint density at radius 2 is 2.21 bits per heavy atom. The first-order valence-electron chi connectivity index (χ1n) is 5.42. The Bertz CT molecular complexity index is 532. The Labute approximate surface area is 106 Å². The summed E-state index contributed by atoms with van der Waals surface area (Å²) in [5.41, 5.74) is 3.17. The van der Waals surface area contributed by atoms with Crippen molar-refractivity contribution in [3.8, 4) is 0 Å². The summed E-state index contributed by atoms with van der Waals surface area (Å²) < 4.78 is 44.2. The number of hydrogen-bond acceptors (Lipinski definition) is 3. The summed E-state index contributed by atoms with van der Waals surface area (Å²) in [6.07, 6.45) is -0.684. The summed E-state index contributed by atoms with van der Waals surface area (Å²) in [4.78, 5) is 11.7. The number of rotatable bonds is 2. The molecule has 1 unspecified atom stereocenters. The van der Waals surface area contributed by atoms with Crippen LogP contribution in [0.5, 0.6) is 0 Å². The average Bonchev–Trinajstić information content (AvgIpc) is 2.84. The fourth-order valence-electron chi connectivity index (χ4n) is 1.70. The minimum absolute atomic E-state index is 0.181. The Balaban J connectivity index is 2.26. The van der Waals surface area contributed by atoms with Crippen molar-refractivity contribution < 1.29 is 22.4 Å². The van der Waals surface area contributed by atoms with E-state index < -0.39 is 24.0 Å². The van der Waals surface area contributed by atoms with E-state index in [1.807, 2.05) is 5.32 Å². The first-order valence-corrected chi connectivity index (χ1v) is 5.42. The van der Waals surface area contributed by atoms with Crippen molar-refractivity contribution in [3.63, 3.8) is 0 Å². The maximum absolute atomic E-state index is 13.2. The van der Waals surface area contributed by atoms with Gasteiger partial charge in [0.15, 0.2) is 11.3 Å². The lowest BCUT2D eigenvalue weighted by molar-refractivity contribution is -0.178. The molecular weight excluding hydrogens is 261 g/mol. The molecule has 0 aromatic carbocycles. The maximum atomic E-state index is 13.2. The largest absolute Gasteiger partial charge is 0.459 e. The number of amides is 1. The minimum atomic E-state index is -4.64. The molecule has 4 nitrogen and oxygen atoms in total. The zero-order chi connectivity index (χ0) is 14.1. The van der Waals surface area contributed by atoms with Crippen LogP contribution in [0.3, 0.4) is 0 Å². The molecular formula is C12H11F3N2O2. The smallest absolute Gasteiger partial charge is 0.415 e. The van der Waals surface area contributed by atoms with E-state index >= 15 is 0 Å². The second-order valence-electron chi connectivity index (χ2n) is 4.14. The summed E-state index contributed by atoms with van der Waals surface area (Å²) in [5.74, 6) is -1.11. The van der Waals surface area contributed by atoms with Crippen LogP contribution >= 0.6 is 0 Å². The number of allylic oxidation sites excluding steroid dienone is 1. The molecule has 1 aliphatic rings. The summed E-state index contributed by atoms with van der Waals surface area (Å²) >= 11 is 0. The fourth-order valence-corrected chi connectivity index (χ4v) is 1.70. The van der Waals surface area contributed by atoms with E-state index in [-0.39, 0.29) is 11.5 Å². The van der Waals surface area contributed by atoms with Crippen molar-refractivity contribution in [1.29, 1.82) is 0 Å². The second-order valence-corrected chi connectivity index (χ2v) is 4.14. The molecule has 0 fully saturated rings. The van der Waals surface area contributed by atoms with Gasteiger partial charge in [-0.2, -0.15) is 13.2 Å². The van der Waals surface area contributed by atoms with Crippen LogP contribution in [-0.2, 0) is 0 Å². The van der Waals surface area contributed by atoms with E-state index in [0.29, 0.717) is 0 Å². The predicted molar refractivity (Wildman–Crippen MR) is 61.0 cm³/mol. The Kier molecular flexibility index (Phi) is 3.13. The number of carbonyl (C=O) groups is 1. The van der Waals surface area contributed by atoms with Crippen molar-refractivity contribution in [3.05, 3.63) is 48.1 Å². The molecule has 1 aromatic heterocycles. The second kappa shape index (κ2) is 4.49. The molecule has 19 heavy (non-hydrogen) atoms. The van der Waals surface area contributed by atoms with Crippen LogP contribution in [0, 0.1) is 0 Å². The zero-order valence-corrected chi connectivity index (χ0v) is 9.70. The summed E-state index contributed by atoms with van der Waals surface area (Å²) in [6, 6.07) is 2.71. The molecule has 102 valence electrons. The van der Waals surface area contributed by atoms with Gasteiger partial charge in [0.05, 0.1) is 6.26 Å². The third-order valence-electron chi connectivity index (χ3n) is 2.81. The fraction of sp³-hybridized carbons (Fsp3) is 0.250. The van der Waals surface area contributed by atoms with Crippen molar-refractivity contribution in [2.45, 2.75) is 18.1 Å². The van der Waals surface area contributed by atoms with Gasteiger partial charge in [0, 0.05) is 12.1 Å². The number of nitrogens with one attached hydrogen (secondary N) is 1. The maximum Gasteiger partial charge on any atom is 0.415 e. The van der Waals surface area contributed by atoms with Gasteiger partial charge in [0.2, 0.25) is 0 Å². The van der Waals surface area contributed by atoms with Crippen LogP contribution < -0.4 is 11.1 Å². The molecule has 1 aliphatic carbocycles. The van der Waals surface area contributed by atoms with E-state index in [1.54, 1.807) is 0 Å². The van der Waals surface area contributed by atoms with Gasteiger partial charge in [-0.1, -0.05) is 6.08 Å². The van der Waals surface area contributed by atoms with Crippen molar-refractivity contribution in [2.24, 2.45) is 5.73 Å². The van der Waals surface area contributed by atoms with Gasteiger partial charge in [-0.05, 0) is 24.3 Å². The highest BCUT2D eigenvalue weighted by Crippen LogP contribution is 2.37. The van der Waals surface area contributed by atoms with Crippen LogP contribution in [0.1, 0.15) is 17.0 Å². The molecule has 1 heterocycles. The highest BCUT2D eigenvalue weighted by atomic mass is 19.4. The number of alkyl halides is 3. The van der Waals surface area contributed by atoms with Gasteiger partial charge in [0.25, 0.3) is 5.91 Å². The molecule has 0 bridgehead atoms. The number of nitrogens with two attached hydrogens (primary N) is 1. The van der Waals surface area contributed by atoms with E-state index in [2.05, 4.69) is 0 Å². The highest BCUT2D eigenvalue weighted by molar-refractivity contribution is 5.92. The number of hydrogen-bond donors (Lipinski definition) is 2. The van der Waals surface area contributed by atoms with Gasteiger partial charge in [-0.15, -0.1) is 0 Å². The third-order valence-corrected chi connectivity index (χ3v) is 2.81. The molecule has 2 rings (SSSR count). The minimum Gasteiger partial charge on any atom is -0.459 e. The van der Waals surface area contributed by atoms with Crippen molar-refractivity contribution in [2.75, 3.05) is 0 Å². The highest BCUT2D eigenvalue weighted by Gasteiger charge is 2.54. The van der Waals surface area contributed by atoms with Crippen molar-refractivity contribution in [1.82, 2.24) is 5.32 Å². The number of carbonyl (C=O) groups excluding carboxylic acids is 1. The lowest BCUT2D eigenvalue weighted by atomic mass is 9.89.